The van der Waals surface area contributed by atoms with E-state index in [-0.39, 0.29) is 5.54 Å². The number of aryl methyl sites for hydroxylation is 1. The molecular formula is C21H28N2. The molecule has 0 spiro atoms. The molecule has 0 atom stereocenters. The summed E-state index contributed by atoms with van der Waals surface area (Å²) < 4.78 is 0. The number of hydrogen-bond acceptors (Lipinski definition) is 2. The molecule has 0 radical (unpaired) electrons. The second kappa shape index (κ2) is 6.37. The van der Waals surface area contributed by atoms with Crippen molar-refractivity contribution in [2.45, 2.75) is 45.1 Å². The van der Waals surface area contributed by atoms with Crippen molar-refractivity contribution in [1.82, 2.24) is 0 Å². The molecule has 2 nitrogen and oxygen atoms in total. The molecule has 1 aliphatic heterocycles. The van der Waals surface area contributed by atoms with Gasteiger partial charge in [0, 0.05) is 24.3 Å². The van der Waals surface area contributed by atoms with Crippen LogP contribution < -0.4 is 10.6 Å². The summed E-state index contributed by atoms with van der Waals surface area (Å²) in [5.74, 6) is 0.703. The Morgan fingerprint density at radius 3 is 2.00 bits per heavy atom. The molecule has 3 rings (SSSR count). The van der Waals surface area contributed by atoms with E-state index < -0.39 is 0 Å². The van der Waals surface area contributed by atoms with Crippen LogP contribution in [0.4, 0.5) is 5.69 Å². The van der Waals surface area contributed by atoms with Crippen LogP contribution in [0, 0.1) is 6.92 Å². The highest BCUT2D eigenvalue weighted by Gasteiger charge is 2.21. The molecular weight excluding hydrogens is 280 g/mol. The molecule has 0 aromatic heterocycles. The predicted molar refractivity (Wildman–Crippen MR) is 99.0 cm³/mol. The normalized spacial score (nSPS) is 16.6. The first kappa shape index (κ1) is 16.1. The van der Waals surface area contributed by atoms with E-state index in [2.05, 4.69) is 74.2 Å². The number of nitrogens with two attached hydrogens (primary N) is 1. The first-order chi connectivity index (χ1) is 10.9. The summed E-state index contributed by atoms with van der Waals surface area (Å²) in [6.45, 7) is 8.51. The fourth-order valence-corrected chi connectivity index (χ4v) is 3.41. The lowest BCUT2D eigenvalue weighted by atomic mass is 9.88. The molecule has 2 aromatic rings. The molecule has 0 amide bonds. The quantitative estimate of drug-likeness (QED) is 0.899. The SMILES string of the molecule is Cc1ccc(C2CCN(c3ccc(C(C)(C)N)cc3)CC2)cc1. The lowest BCUT2D eigenvalue weighted by Gasteiger charge is -2.34. The van der Waals surface area contributed by atoms with Crippen LogP contribution in [0.3, 0.4) is 0 Å². The Kier molecular flexibility index (Phi) is 4.45. The van der Waals surface area contributed by atoms with Crippen molar-refractivity contribution in [3.05, 3.63) is 65.2 Å². The van der Waals surface area contributed by atoms with Gasteiger partial charge in [-0.3, -0.25) is 0 Å². The van der Waals surface area contributed by atoms with E-state index in [0.29, 0.717) is 5.92 Å². The molecule has 122 valence electrons. The summed E-state index contributed by atoms with van der Waals surface area (Å²) in [5, 5.41) is 0. The lowest BCUT2D eigenvalue weighted by molar-refractivity contribution is 0.505. The minimum absolute atomic E-state index is 0.267. The summed E-state index contributed by atoms with van der Waals surface area (Å²) in [6.07, 6.45) is 2.46. The molecule has 0 bridgehead atoms. The van der Waals surface area contributed by atoms with Crippen molar-refractivity contribution in [2.75, 3.05) is 18.0 Å². The fraction of sp³-hybridized carbons (Fsp3) is 0.429. The standard InChI is InChI=1S/C21H28N2/c1-16-4-6-17(7-5-16)18-12-14-23(15-13-18)20-10-8-19(9-11-20)21(2,3)22/h4-11,18H,12-15,22H2,1-3H3. The molecule has 2 aromatic carbocycles. The van der Waals surface area contributed by atoms with Crippen LogP contribution in [0.25, 0.3) is 0 Å². The topological polar surface area (TPSA) is 29.3 Å². The minimum Gasteiger partial charge on any atom is -0.371 e. The first-order valence-electron chi connectivity index (χ1n) is 8.64. The largest absolute Gasteiger partial charge is 0.371 e. The van der Waals surface area contributed by atoms with Crippen LogP contribution in [-0.2, 0) is 5.54 Å². The Balaban J connectivity index is 1.63. The number of hydrogen-bond donors (Lipinski definition) is 1. The average Bonchev–Trinajstić information content (AvgIpc) is 2.55. The van der Waals surface area contributed by atoms with Crippen molar-refractivity contribution in [1.29, 1.82) is 0 Å². The Bertz CT molecular complexity index is 627. The summed E-state index contributed by atoms with van der Waals surface area (Å²) in [7, 11) is 0. The van der Waals surface area contributed by atoms with Gasteiger partial charge < -0.3 is 10.6 Å². The van der Waals surface area contributed by atoms with Gasteiger partial charge in [-0.15, -0.1) is 0 Å². The average molecular weight is 308 g/mol. The maximum atomic E-state index is 6.16. The smallest absolute Gasteiger partial charge is 0.0366 e. The van der Waals surface area contributed by atoms with E-state index >= 15 is 0 Å². The number of benzene rings is 2. The number of piperidine rings is 1. The molecule has 1 aliphatic rings. The van der Waals surface area contributed by atoms with Gasteiger partial charge in [-0.05, 0) is 62.8 Å². The highest BCUT2D eigenvalue weighted by molar-refractivity contribution is 5.49. The van der Waals surface area contributed by atoms with E-state index in [1.807, 2.05) is 0 Å². The third-order valence-corrected chi connectivity index (χ3v) is 5.02. The van der Waals surface area contributed by atoms with Crippen LogP contribution >= 0.6 is 0 Å². The van der Waals surface area contributed by atoms with Gasteiger partial charge in [0.2, 0.25) is 0 Å². The second-order valence-electron chi connectivity index (χ2n) is 7.44. The molecule has 0 unspecified atom stereocenters. The molecule has 2 heteroatoms. The number of rotatable bonds is 3. The number of anilines is 1. The van der Waals surface area contributed by atoms with Crippen molar-refractivity contribution in [2.24, 2.45) is 5.73 Å². The van der Waals surface area contributed by atoms with E-state index in [4.69, 9.17) is 5.73 Å². The van der Waals surface area contributed by atoms with Gasteiger partial charge in [0.05, 0.1) is 0 Å². The van der Waals surface area contributed by atoms with Gasteiger partial charge >= 0.3 is 0 Å². The zero-order chi connectivity index (χ0) is 16.4. The third-order valence-electron chi connectivity index (χ3n) is 5.02. The van der Waals surface area contributed by atoms with E-state index in [1.54, 1.807) is 0 Å². The molecule has 2 N–H and O–H groups in total. The molecule has 23 heavy (non-hydrogen) atoms. The molecule has 1 heterocycles. The first-order valence-corrected chi connectivity index (χ1v) is 8.64. The zero-order valence-electron chi connectivity index (χ0n) is 14.5. The van der Waals surface area contributed by atoms with Crippen LogP contribution in [0.2, 0.25) is 0 Å². The Morgan fingerprint density at radius 1 is 0.913 bits per heavy atom. The lowest BCUT2D eigenvalue weighted by Crippen LogP contribution is -2.33. The Hall–Kier alpha value is -1.80. The van der Waals surface area contributed by atoms with Crippen molar-refractivity contribution in [3.63, 3.8) is 0 Å². The third kappa shape index (κ3) is 3.76. The molecule has 0 aliphatic carbocycles. The van der Waals surface area contributed by atoms with Gasteiger partial charge in [-0.2, -0.15) is 0 Å². The van der Waals surface area contributed by atoms with Crippen LogP contribution in [-0.4, -0.2) is 13.1 Å². The summed E-state index contributed by atoms with van der Waals surface area (Å²) in [6, 6.07) is 17.8. The number of nitrogens with zero attached hydrogens (tertiary/aromatic N) is 1. The van der Waals surface area contributed by atoms with Crippen molar-refractivity contribution < 1.29 is 0 Å². The Labute approximate surface area is 140 Å². The monoisotopic (exact) mass is 308 g/mol. The highest BCUT2D eigenvalue weighted by atomic mass is 15.1. The van der Waals surface area contributed by atoms with Crippen LogP contribution in [0.5, 0.6) is 0 Å². The highest BCUT2D eigenvalue weighted by Crippen LogP contribution is 2.31. The van der Waals surface area contributed by atoms with E-state index in [1.165, 1.54) is 35.2 Å². The van der Waals surface area contributed by atoms with Gasteiger partial charge in [-0.1, -0.05) is 42.0 Å². The molecule has 1 fully saturated rings. The minimum atomic E-state index is -0.267. The Morgan fingerprint density at radius 2 is 1.48 bits per heavy atom. The van der Waals surface area contributed by atoms with Gasteiger partial charge in [0.15, 0.2) is 0 Å². The zero-order valence-corrected chi connectivity index (χ0v) is 14.5. The van der Waals surface area contributed by atoms with Gasteiger partial charge in [-0.25, -0.2) is 0 Å². The van der Waals surface area contributed by atoms with Crippen molar-refractivity contribution >= 4 is 5.69 Å². The van der Waals surface area contributed by atoms with Crippen LogP contribution in [0.15, 0.2) is 48.5 Å². The predicted octanol–water partition coefficient (Wildman–Crippen LogP) is 4.57. The summed E-state index contributed by atoms with van der Waals surface area (Å²) in [5.41, 5.74) is 11.2. The summed E-state index contributed by atoms with van der Waals surface area (Å²) >= 11 is 0. The van der Waals surface area contributed by atoms with E-state index in [0.717, 1.165) is 13.1 Å². The van der Waals surface area contributed by atoms with Crippen LogP contribution in [0.1, 0.15) is 49.3 Å². The maximum absolute atomic E-state index is 6.16. The molecule has 0 saturated carbocycles. The second-order valence-corrected chi connectivity index (χ2v) is 7.44. The van der Waals surface area contributed by atoms with Crippen molar-refractivity contribution in [3.8, 4) is 0 Å². The van der Waals surface area contributed by atoms with Gasteiger partial charge in [0.1, 0.15) is 0 Å². The fourth-order valence-electron chi connectivity index (χ4n) is 3.41. The summed E-state index contributed by atoms with van der Waals surface area (Å²) in [4.78, 5) is 2.50. The van der Waals surface area contributed by atoms with E-state index in [9.17, 15) is 0 Å². The van der Waals surface area contributed by atoms with Gasteiger partial charge in [0.25, 0.3) is 0 Å². The molecule has 1 saturated heterocycles. The maximum Gasteiger partial charge on any atom is 0.0366 e.